The van der Waals surface area contributed by atoms with Gasteiger partial charge in [-0.05, 0) is 6.92 Å². The third-order valence-corrected chi connectivity index (χ3v) is 5.50. The van der Waals surface area contributed by atoms with Crippen molar-refractivity contribution in [2.24, 2.45) is 0 Å². The van der Waals surface area contributed by atoms with Crippen LogP contribution in [0, 0.1) is 6.92 Å². The summed E-state index contributed by atoms with van der Waals surface area (Å²) in [4.78, 5) is 25.4. The molecule has 6 nitrogen and oxygen atoms in total. The van der Waals surface area contributed by atoms with Crippen LogP contribution in [0.15, 0.2) is 16.2 Å². The van der Waals surface area contributed by atoms with Gasteiger partial charge in [-0.3, -0.25) is 9.69 Å². The van der Waals surface area contributed by atoms with Gasteiger partial charge in [0.2, 0.25) is 5.76 Å². The summed E-state index contributed by atoms with van der Waals surface area (Å²) >= 11 is 1.73. The van der Waals surface area contributed by atoms with E-state index in [1.807, 2.05) is 4.90 Å². The Balaban J connectivity index is 1.55. The Morgan fingerprint density at radius 3 is 2.54 bits per heavy atom. The van der Waals surface area contributed by atoms with Gasteiger partial charge >= 0.3 is 0 Å². The fraction of sp³-hybridized carbons (Fsp3) is 0.588. The highest BCUT2D eigenvalue weighted by molar-refractivity contribution is 7.09. The molecule has 2 aromatic rings. The second-order valence-corrected chi connectivity index (χ2v) is 8.09. The molecule has 0 bridgehead atoms. The first-order chi connectivity index (χ1) is 11.3. The number of oxazole rings is 1. The first-order valence-corrected chi connectivity index (χ1v) is 9.09. The molecule has 1 fully saturated rings. The predicted octanol–water partition coefficient (Wildman–Crippen LogP) is 2.70. The molecule has 2 aromatic heterocycles. The van der Waals surface area contributed by atoms with Crippen molar-refractivity contribution in [2.75, 3.05) is 26.2 Å². The summed E-state index contributed by atoms with van der Waals surface area (Å²) in [7, 11) is 0. The molecule has 1 aliphatic heterocycles. The first-order valence-electron chi connectivity index (χ1n) is 8.21. The topological polar surface area (TPSA) is 62.5 Å². The normalized spacial score (nSPS) is 16.6. The van der Waals surface area contributed by atoms with Crippen molar-refractivity contribution in [3.8, 4) is 0 Å². The van der Waals surface area contributed by atoms with Gasteiger partial charge in [-0.1, -0.05) is 20.8 Å². The van der Waals surface area contributed by atoms with E-state index in [0.717, 1.165) is 25.3 Å². The lowest BCUT2D eigenvalue weighted by Gasteiger charge is -2.33. The Bertz CT molecular complexity index is 708. The molecule has 1 aliphatic rings. The van der Waals surface area contributed by atoms with E-state index in [9.17, 15) is 4.79 Å². The van der Waals surface area contributed by atoms with Gasteiger partial charge in [-0.25, -0.2) is 9.97 Å². The number of amides is 1. The average Bonchev–Trinajstić information content (AvgIpc) is 3.16. The quantitative estimate of drug-likeness (QED) is 0.853. The van der Waals surface area contributed by atoms with E-state index in [-0.39, 0.29) is 11.3 Å². The zero-order valence-electron chi connectivity index (χ0n) is 14.7. The molecule has 0 radical (unpaired) electrons. The maximum atomic E-state index is 12.4. The molecule has 0 aromatic carbocycles. The number of aromatic nitrogens is 2. The first kappa shape index (κ1) is 17.1. The van der Waals surface area contributed by atoms with Crippen LogP contribution in [-0.4, -0.2) is 51.9 Å². The van der Waals surface area contributed by atoms with Crippen LogP contribution in [0.4, 0.5) is 0 Å². The van der Waals surface area contributed by atoms with Crippen molar-refractivity contribution in [1.29, 1.82) is 0 Å². The molecule has 1 amide bonds. The molecule has 0 atom stereocenters. The molecule has 0 spiro atoms. The van der Waals surface area contributed by atoms with Crippen LogP contribution in [0.3, 0.4) is 0 Å². The van der Waals surface area contributed by atoms with Gasteiger partial charge in [0.1, 0.15) is 0 Å². The molecule has 7 heteroatoms. The largest absolute Gasteiger partial charge is 0.438 e. The van der Waals surface area contributed by atoms with Gasteiger partial charge in [-0.2, -0.15) is 0 Å². The molecular weight excluding hydrogens is 324 g/mol. The molecule has 3 rings (SSSR count). The second kappa shape index (κ2) is 6.64. The summed E-state index contributed by atoms with van der Waals surface area (Å²) in [6.07, 6.45) is 1.33. The van der Waals surface area contributed by atoms with Crippen molar-refractivity contribution in [1.82, 2.24) is 19.8 Å². The number of aryl methyl sites for hydroxylation is 1. The van der Waals surface area contributed by atoms with Crippen molar-refractivity contribution < 1.29 is 9.21 Å². The number of carbonyl (C=O) groups is 1. The molecule has 0 aliphatic carbocycles. The number of thiazole rings is 1. The molecule has 0 unspecified atom stereocenters. The molecule has 3 heterocycles. The van der Waals surface area contributed by atoms with Crippen LogP contribution in [0.2, 0.25) is 0 Å². The summed E-state index contributed by atoms with van der Waals surface area (Å²) in [5.74, 6) is 0.297. The third kappa shape index (κ3) is 3.67. The van der Waals surface area contributed by atoms with Gasteiger partial charge in [0.25, 0.3) is 5.91 Å². The molecule has 130 valence electrons. The minimum atomic E-state index is -0.0617. The van der Waals surface area contributed by atoms with E-state index in [1.165, 1.54) is 11.4 Å². The molecule has 0 saturated carbocycles. The van der Waals surface area contributed by atoms with Crippen LogP contribution in [-0.2, 0) is 12.0 Å². The summed E-state index contributed by atoms with van der Waals surface area (Å²) in [5, 5.41) is 3.32. The fourth-order valence-corrected chi connectivity index (χ4v) is 3.61. The number of rotatable bonds is 3. The highest BCUT2D eigenvalue weighted by Crippen LogP contribution is 2.26. The Hall–Kier alpha value is -1.73. The van der Waals surface area contributed by atoms with E-state index in [0.29, 0.717) is 24.5 Å². The van der Waals surface area contributed by atoms with Crippen LogP contribution in [0.25, 0.3) is 0 Å². The summed E-state index contributed by atoms with van der Waals surface area (Å²) < 4.78 is 5.21. The van der Waals surface area contributed by atoms with E-state index >= 15 is 0 Å². The Morgan fingerprint density at radius 2 is 2.00 bits per heavy atom. The highest BCUT2D eigenvalue weighted by Gasteiger charge is 2.26. The zero-order valence-corrected chi connectivity index (χ0v) is 15.5. The summed E-state index contributed by atoms with van der Waals surface area (Å²) in [6.45, 7) is 12.3. The molecule has 0 N–H and O–H groups in total. The standard InChI is InChI=1S/C17H24N4O2S/c1-12-14(23-11-18-12)15(22)21-7-5-20(6-8-21)9-13-10-24-16(19-13)17(2,3)4/h10-11H,5-9H2,1-4H3. The third-order valence-electron chi connectivity index (χ3n) is 4.18. The van der Waals surface area contributed by atoms with Crippen molar-refractivity contribution >= 4 is 17.2 Å². The SMILES string of the molecule is Cc1ncoc1C(=O)N1CCN(Cc2csc(C(C)(C)C)n2)CC1. The predicted molar refractivity (Wildman–Crippen MR) is 93.2 cm³/mol. The maximum Gasteiger partial charge on any atom is 0.291 e. The minimum Gasteiger partial charge on any atom is -0.438 e. The van der Waals surface area contributed by atoms with Crippen LogP contribution in [0.5, 0.6) is 0 Å². The smallest absolute Gasteiger partial charge is 0.291 e. The van der Waals surface area contributed by atoms with E-state index in [4.69, 9.17) is 9.40 Å². The lowest BCUT2D eigenvalue weighted by atomic mass is 9.98. The van der Waals surface area contributed by atoms with Gasteiger partial charge < -0.3 is 9.32 Å². The number of hydrogen-bond donors (Lipinski definition) is 0. The Labute approximate surface area is 146 Å². The zero-order chi connectivity index (χ0) is 17.3. The van der Waals surface area contributed by atoms with Gasteiger partial charge in [0.05, 0.1) is 16.4 Å². The average molecular weight is 348 g/mol. The molecule has 1 saturated heterocycles. The Kier molecular flexibility index (Phi) is 4.73. The lowest BCUT2D eigenvalue weighted by Crippen LogP contribution is -2.48. The maximum absolute atomic E-state index is 12.4. The number of carbonyl (C=O) groups excluding carboxylic acids is 1. The van der Waals surface area contributed by atoms with Gasteiger partial charge in [0.15, 0.2) is 6.39 Å². The van der Waals surface area contributed by atoms with Crippen molar-refractivity contribution in [3.05, 3.63) is 33.9 Å². The number of hydrogen-bond acceptors (Lipinski definition) is 6. The minimum absolute atomic E-state index is 0.0617. The lowest BCUT2D eigenvalue weighted by molar-refractivity contribution is 0.0595. The van der Waals surface area contributed by atoms with Crippen molar-refractivity contribution in [2.45, 2.75) is 39.7 Å². The number of nitrogens with zero attached hydrogens (tertiary/aromatic N) is 4. The second-order valence-electron chi connectivity index (χ2n) is 7.23. The summed E-state index contributed by atoms with van der Waals surface area (Å²) in [6, 6.07) is 0. The number of piperazine rings is 1. The molecule has 24 heavy (non-hydrogen) atoms. The van der Waals surface area contributed by atoms with E-state index in [2.05, 4.69) is 36.0 Å². The van der Waals surface area contributed by atoms with Gasteiger partial charge in [-0.15, -0.1) is 11.3 Å². The van der Waals surface area contributed by atoms with Gasteiger partial charge in [0, 0.05) is 43.5 Å². The monoisotopic (exact) mass is 348 g/mol. The summed E-state index contributed by atoms with van der Waals surface area (Å²) in [5.41, 5.74) is 1.87. The highest BCUT2D eigenvalue weighted by atomic mass is 32.1. The fourth-order valence-electron chi connectivity index (χ4n) is 2.71. The molecular formula is C17H24N4O2S. The van der Waals surface area contributed by atoms with Crippen LogP contribution >= 0.6 is 11.3 Å². The van der Waals surface area contributed by atoms with E-state index < -0.39 is 0 Å². The van der Waals surface area contributed by atoms with E-state index in [1.54, 1.807) is 18.3 Å². The van der Waals surface area contributed by atoms with Crippen molar-refractivity contribution in [3.63, 3.8) is 0 Å². The van der Waals surface area contributed by atoms with Crippen LogP contribution < -0.4 is 0 Å². The van der Waals surface area contributed by atoms with Crippen LogP contribution in [0.1, 0.15) is 47.7 Å². The Morgan fingerprint density at radius 1 is 1.29 bits per heavy atom.